The van der Waals surface area contributed by atoms with Gasteiger partial charge in [0.05, 0.1) is 23.8 Å². The second kappa shape index (κ2) is 6.58. The number of thiophene rings is 1. The van der Waals surface area contributed by atoms with Crippen molar-refractivity contribution >= 4 is 11.3 Å². The molecular formula is C19H16N4O2S. The van der Waals surface area contributed by atoms with Gasteiger partial charge < -0.3 is 15.2 Å². The van der Waals surface area contributed by atoms with Crippen molar-refractivity contribution < 1.29 is 9.47 Å². The van der Waals surface area contributed by atoms with Crippen LogP contribution in [0, 0.1) is 11.3 Å². The van der Waals surface area contributed by atoms with Gasteiger partial charge in [-0.2, -0.15) is 5.26 Å². The third-order valence-corrected chi connectivity index (χ3v) is 5.16. The van der Waals surface area contributed by atoms with E-state index in [1.807, 2.05) is 48.7 Å². The van der Waals surface area contributed by atoms with Crippen molar-refractivity contribution in [2.45, 2.75) is 12.8 Å². The molecule has 2 aromatic heterocycles. The predicted octanol–water partition coefficient (Wildman–Crippen LogP) is 3.76. The number of aromatic nitrogens is 2. The first-order chi connectivity index (χ1) is 12.7. The zero-order chi connectivity index (χ0) is 18.1. The minimum absolute atomic E-state index is 0.100. The van der Waals surface area contributed by atoms with Gasteiger partial charge in [0.15, 0.2) is 0 Å². The average Bonchev–Trinajstić information content (AvgIpc) is 3.31. The summed E-state index contributed by atoms with van der Waals surface area (Å²) in [5, 5.41) is 18.9. The summed E-state index contributed by atoms with van der Waals surface area (Å²) < 4.78 is 11.1. The first-order valence-corrected chi connectivity index (χ1v) is 9.03. The Balaban J connectivity index is 1.84. The van der Waals surface area contributed by atoms with Gasteiger partial charge in [-0.1, -0.05) is 6.07 Å². The van der Waals surface area contributed by atoms with E-state index in [1.54, 1.807) is 11.3 Å². The molecule has 0 aliphatic carbocycles. The third kappa shape index (κ3) is 2.61. The number of nitriles is 1. The standard InChI is InChI=1S/C19H16N4O2S/c1-2-24-12-7-5-11(6-8-12)17-16-15(14-4-3-9-26-14)13(10-20)18(21)25-19(16)23-22-17/h3-9,15H,2,21H2,1H3,(H,22,23). The van der Waals surface area contributed by atoms with E-state index in [9.17, 15) is 5.26 Å². The van der Waals surface area contributed by atoms with Gasteiger partial charge in [-0.15, -0.1) is 16.4 Å². The molecule has 1 aliphatic heterocycles. The summed E-state index contributed by atoms with van der Waals surface area (Å²) in [6, 6.07) is 13.9. The number of nitrogens with one attached hydrogen (secondary N) is 1. The van der Waals surface area contributed by atoms with Crippen molar-refractivity contribution in [2.24, 2.45) is 5.73 Å². The summed E-state index contributed by atoms with van der Waals surface area (Å²) in [7, 11) is 0. The van der Waals surface area contributed by atoms with E-state index >= 15 is 0 Å². The number of ether oxygens (including phenoxy) is 2. The fourth-order valence-electron chi connectivity index (χ4n) is 3.09. The highest BCUT2D eigenvalue weighted by Gasteiger charge is 2.36. The van der Waals surface area contributed by atoms with Gasteiger partial charge in [0, 0.05) is 10.4 Å². The summed E-state index contributed by atoms with van der Waals surface area (Å²) in [5.74, 6) is 1.01. The van der Waals surface area contributed by atoms with Crippen LogP contribution in [0.1, 0.15) is 23.3 Å². The molecule has 0 fully saturated rings. The van der Waals surface area contributed by atoms with Crippen molar-refractivity contribution in [3.05, 3.63) is 63.7 Å². The summed E-state index contributed by atoms with van der Waals surface area (Å²) >= 11 is 1.57. The maximum atomic E-state index is 9.64. The van der Waals surface area contributed by atoms with Gasteiger partial charge in [-0.05, 0) is 42.6 Å². The fraction of sp³-hybridized carbons (Fsp3) is 0.158. The number of hydrogen-bond donors (Lipinski definition) is 2. The highest BCUT2D eigenvalue weighted by molar-refractivity contribution is 7.10. The molecule has 0 amide bonds. The summed E-state index contributed by atoms with van der Waals surface area (Å²) in [6.07, 6.45) is 0. The zero-order valence-electron chi connectivity index (χ0n) is 14.0. The van der Waals surface area contributed by atoms with E-state index in [2.05, 4.69) is 16.3 Å². The van der Waals surface area contributed by atoms with Crippen molar-refractivity contribution in [3.8, 4) is 29.0 Å². The van der Waals surface area contributed by atoms with Gasteiger partial charge in [-0.3, -0.25) is 5.10 Å². The van der Waals surface area contributed by atoms with E-state index in [0.29, 0.717) is 18.1 Å². The Morgan fingerprint density at radius 2 is 2.15 bits per heavy atom. The lowest BCUT2D eigenvalue weighted by Gasteiger charge is -2.22. The number of hydrogen-bond acceptors (Lipinski definition) is 6. The molecule has 0 saturated carbocycles. The maximum Gasteiger partial charge on any atom is 0.244 e. The van der Waals surface area contributed by atoms with Crippen LogP contribution in [0.2, 0.25) is 0 Å². The Labute approximate surface area is 154 Å². The number of nitrogens with two attached hydrogens (primary N) is 1. The Morgan fingerprint density at radius 3 is 2.81 bits per heavy atom. The zero-order valence-corrected chi connectivity index (χ0v) is 14.8. The Morgan fingerprint density at radius 1 is 1.35 bits per heavy atom. The molecule has 130 valence electrons. The van der Waals surface area contributed by atoms with Crippen LogP contribution in [-0.4, -0.2) is 16.8 Å². The molecule has 3 heterocycles. The third-order valence-electron chi connectivity index (χ3n) is 4.22. The van der Waals surface area contributed by atoms with Crippen LogP contribution in [0.4, 0.5) is 0 Å². The van der Waals surface area contributed by atoms with Crippen molar-refractivity contribution in [1.29, 1.82) is 5.26 Å². The highest BCUT2D eigenvalue weighted by atomic mass is 32.1. The SMILES string of the molecule is CCOc1ccc(-c2[nH]nc3c2C(c2cccs2)C(C#N)=C(N)O3)cc1. The van der Waals surface area contributed by atoms with Crippen LogP contribution in [0.5, 0.6) is 11.6 Å². The number of benzene rings is 1. The smallest absolute Gasteiger partial charge is 0.244 e. The van der Waals surface area contributed by atoms with E-state index < -0.39 is 0 Å². The number of rotatable bonds is 4. The molecule has 1 aromatic carbocycles. The van der Waals surface area contributed by atoms with Crippen LogP contribution in [0.25, 0.3) is 11.3 Å². The molecule has 1 unspecified atom stereocenters. The first kappa shape index (κ1) is 16.2. The van der Waals surface area contributed by atoms with Gasteiger partial charge in [0.1, 0.15) is 17.4 Å². The molecule has 0 saturated heterocycles. The van der Waals surface area contributed by atoms with Crippen LogP contribution in [0.3, 0.4) is 0 Å². The van der Waals surface area contributed by atoms with Crippen molar-refractivity contribution in [1.82, 2.24) is 10.2 Å². The van der Waals surface area contributed by atoms with Crippen LogP contribution >= 0.6 is 11.3 Å². The summed E-state index contributed by atoms with van der Waals surface area (Å²) in [6.45, 7) is 2.56. The molecule has 6 nitrogen and oxygen atoms in total. The number of H-pyrrole nitrogens is 1. The van der Waals surface area contributed by atoms with Crippen LogP contribution in [-0.2, 0) is 0 Å². The normalized spacial score (nSPS) is 15.9. The minimum atomic E-state index is -0.302. The molecule has 4 rings (SSSR count). The molecule has 1 aliphatic rings. The number of nitrogens with zero attached hydrogens (tertiary/aromatic N) is 2. The molecule has 3 N–H and O–H groups in total. The molecule has 1 atom stereocenters. The quantitative estimate of drug-likeness (QED) is 0.735. The van der Waals surface area contributed by atoms with E-state index in [1.165, 1.54) is 0 Å². The van der Waals surface area contributed by atoms with Gasteiger partial charge in [0.2, 0.25) is 11.8 Å². The molecule has 0 bridgehead atoms. The van der Waals surface area contributed by atoms with Crippen LogP contribution in [0.15, 0.2) is 53.2 Å². The minimum Gasteiger partial charge on any atom is -0.494 e. The molecular weight excluding hydrogens is 348 g/mol. The second-order valence-corrected chi connectivity index (χ2v) is 6.69. The van der Waals surface area contributed by atoms with Crippen molar-refractivity contribution in [3.63, 3.8) is 0 Å². The summed E-state index contributed by atoms with van der Waals surface area (Å²) in [4.78, 5) is 1.02. The van der Waals surface area contributed by atoms with E-state index in [0.717, 1.165) is 27.4 Å². The second-order valence-electron chi connectivity index (χ2n) is 5.72. The van der Waals surface area contributed by atoms with E-state index in [4.69, 9.17) is 15.2 Å². The largest absolute Gasteiger partial charge is 0.494 e. The number of allylic oxidation sites excluding steroid dienone is 1. The van der Waals surface area contributed by atoms with Crippen LogP contribution < -0.4 is 15.2 Å². The van der Waals surface area contributed by atoms with Gasteiger partial charge in [0.25, 0.3) is 0 Å². The number of aromatic amines is 1. The topological polar surface area (TPSA) is 97.0 Å². The fourth-order valence-corrected chi connectivity index (χ4v) is 3.93. The monoisotopic (exact) mass is 364 g/mol. The highest BCUT2D eigenvalue weighted by Crippen LogP contribution is 2.46. The first-order valence-electron chi connectivity index (χ1n) is 8.15. The summed E-state index contributed by atoms with van der Waals surface area (Å²) in [5.41, 5.74) is 8.93. The lowest BCUT2D eigenvalue weighted by atomic mass is 9.87. The maximum absolute atomic E-state index is 9.64. The molecule has 7 heteroatoms. The van der Waals surface area contributed by atoms with Crippen molar-refractivity contribution in [2.75, 3.05) is 6.61 Å². The average molecular weight is 364 g/mol. The van der Waals surface area contributed by atoms with E-state index in [-0.39, 0.29) is 11.8 Å². The number of fused-ring (bicyclic) bond motifs is 1. The molecule has 0 radical (unpaired) electrons. The lowest BCUT2D eigenvalue weighted by molar-refractivity contribution is 0.340. The predicted molar refractivity (Wildman–Crippen MR) is 98.8 cm³/mol. The molecule has 0 spiro atoms. The Bertz CT molecular complexity index is 997. The Hall–Kier alpha value is -3.24. The Kier molecular flexibility index (Phi) is 4.11. The van der Waals surface area contributed by atoms with Gasteiger partial charge in [-0.25, -0.2) is 0 Å². The molecule has 3 aromatic rings. The lowest BCUT2D eigenvalue weighted by Crippen LogP contribution is -2.20. The molecule has 26 heavy (non-hydrogen) atoms. The van der Waals surface area contributed by atoms with Gasteiger partial charge >= 0.3 is 0 Å².